The maximum atomic E-state index is 6.01. The van der Waals surface area contributed by atoms with Gasteiger partial charge in [0.1, 0.15) is 0 Å². The molecular formula is C22H29N5S. The number of rotatable bonds is 9. The molecule has 28 heavy (non-hydrogen) atoms. The van der Waals surface area contributed by atoms with Crippen LogP contribution >= 0.6 is 11.3 Å². The van der Waals surface area contributed by atoms with Gasteiger partial charge < -0.3 is 11.5 Å². The SMILES string of the molecule is C=c1sc(N)n/c1=C/C=C/C/C=C(CCCC)\C(=C/N)c1cn[nH]c1/C=C/C. The molecule has 5 N–H and O–H groups in total. The molecule has 0 saturated carbocycles. The van der Waals surface area contributed by atoms with Gasteiger partial charge in [-0.25, -0.2) is 4.98 Å². The summed E-state index contributed by atoms with van der Waals surface area (Å²) in [6, 6.07) is 0. The third-order valence-corrected chi connectivity index (χ3v) is 5.00. The smallest absolute Gasteiger partial charge is 0.181 e. The molecule has 0 aromatic carbocycles. The van der Waals surface area contributed by atoms with Crippen LogP contribution in [0.3, 0.4) is 0 Å². The maximum Gasteiger partial charge on any atom is 0.181 e. The number of nitrogens with zero attached hydrogens (tertiary/aromatic N) is 2. The zero-order chi connectivity index (χ0) is 20.4. The number of nitrogen functional groups attached to an aromatic ring is 1. The van der Waals surface area contributed by atoms with Crippen molar-refractivity contribution in [2.24, 2.45) is 5.73 Å². The van der Waals surface area contributed by atoms with E-state index in [0.717, 1.165) is 52.4 Å². The van der Waals surface area contributed by atoms with Crippen molar-refractivity contribution >= 4 is 40.8 Å². The lowest BCUT2D eigenvalue weighted by Crippen LogP contribution is -2.18. The molecule has 0 unspecified atom stereocenters. The molecule has 0 fully saturated rings. The minimum atomic E-state index is 0.543. The van der Waals surface area contributed by atoms with E-state index in [1.807, 2.05) is 37.4 Å². The molecule has 6 heteroatoms. The van der Waals surface area contributed by atoms with Crippen LogP contribution in [0.15, 0.2) is 42.3 Å². The number of allylic oxidation sites excluding steroid dienone is 6. The summed E-state index contributed by atoms with van der Waals surface area (Å²) in [4.78, 5) is 4.25. The molecule has 0 radical (unpaired) electrons. The topological polar surface area (TPSA) is 93.6 Å². The Balaban J connectivity index is 2.22. The summed E-state index contributed by atoms with van der Waals surface area (Å²) in [6.07, 6.45) is 19.8. The van der Waals surface area contributed by atoms with E-state index in [2.05, 4.69) is 40.8 Å². The van der Waals surface area contributed by atoms with Crippen LogP contribution < -0.4 is 21.3 Å². The zero-order valence-corrected chi connectivity index (χ0v) is 17.4. The average Bonchev–Trinajstić information content (AvgIpc) is 3.25. The van der Waals surface area contributed by atoms with Gasteiger partial charge in [0.2, 0.25) is 0 Å². The molecule has 0 spiro atoms. The lowest BCUT2D eigenvalue weighted by molar-refractivity contribution is 0.798. The third-order valence-electron chi connectivity index (χ3n) is 4.24. The second kappa shape index (κ2) is 11.1. The largest absolute Gasteiger partial charge is 0.404 e. The molecule has 5 nitrogen and oxygen atoms in total. The maximum absolute atomic E-state index is 6.01. The molecule has 2 aromatic heterocycles. The van der Waals surface area contributed by atoms with Gasteiger partial charge in [0.25, 0.3) is 0 Å². The normalized spacial score (nSPS) is 14.0. The summed E-state index contributed by atoms with van der Waals surface area (Å²) in [5, 5.41) is 8.59. The Morgan fingerprint density at radius 3 is 2.86 bits per heavy atom. The number of unbranched alkanes of at least 4 members (excludes halogenated alkanes) is 1. The molecule has 0 amide bonds. The van der Waals surface area contributed by atoms with Crippen LogP contribution in [0.2, 0.25) is 0 Å². The Morgan fingerprint density at radius 1 is 1.39 bits per heavy atom. The fraction of sp³-hybridized carbons (Fsp3) is 0.273. The number of nitrogens with two attached hydrogens (primary N) is 2. The number of hydrogen-bond acceptors (Lipinski definition) is 5. The summed E-state index contributed by atoms with van der Waals surface area (Å²) in [6.45, 7) is 8.13. The molecular weight excluding hydrogens is 366 g/mol. The highest BCUT2D eigenvalue weighted by atomic mass is 32.1. The van der Waals surface area contributed by atoms with Crippen LogP contribution in [0.1, 0.15) is 50.8 Å². The van der Waals surface area contributed by atoms with Crippen molar-refractivity contribution in [3.8, 4) is 0 Å². The highest BCUT2D eigenvalue weighted by Gasteiger charge is 2.12. The van der Waals surface area contributed by atoms with Crippen LogP contribution in [0.4, 0.5) is 5.13 Å². The minimum Gasteiger partial charge on any atom is -0.404 e. The van der Waals surface area contributed by atoms with Crippen molar-refractivity contribution in [2.45, 2.75) is 39.5 Å². The monoisotopic (exact) mass is 395 g/mol. The number of hydrogen-bond donors (Lipinski definition) is 3. The molecule has 0 atom stereocenters. The van der Waals surface area contributed by atoms with Crippen LogP contribution in [0.25, 0.3) is 24.3 Å². The van der Waals surface area contributed by atoms with Gasteiger partial charge in [-0.15, -0.1) is 0 Å². The van der Waals surface area contributed by atoms with Gasteiger partial charge >= 0.3 is 0 Å². The van der Waals surface area contributed by atoms with Gasteiger partial charge in [0, 0.05) is 21.9 Å². The highest BCUT2D eigenvalue weighted by Crippen LogP contribution is 2.29. The Kier molecular flexibility index (Phi) is 8.49. The lowest BCUT2D eigenvalue weighted by atomic mass is 9.94. The Labute approximate surface area is 170 Å². The number of aromatic amines is 1. The summed E-state index contributed by atoms with van der Waals surface area (Å²) >= 11 is 1.40. The van der Waals surface area contributed by atoms with E-state index in [1.54, 1.807) is 6.20 Å². The van der Waals surface area contributed by atoms with Crippen LogP contribution in [0, 0.1) is 0 Å². The standard InChI is InChI=1S/C22H29N5S/c1-4-6-11-17(18(14-23)19-15-25-27-21(19)10-5-2)12-8-7-9-13-20-16(3)28-22(24)26-20/h5,7,9-10,12-15H,3-4,6,8,11,23H2,1-2H3,(H2,24,26)(H,25,27)/b9-7+,10-5+,17-12-,18-14+,20-13+. The fourth-order valence-corrected chi connectivity index (χ4v) is 3.46. The van der Waals surface area contributed by atoms with E-state index in [4.69, 9.17) is 11.5 Å². The number of nitrogens with one attached hydrogen (secondary N) is 1. The number of H-pyrrole nitrogens is 1. The van der Waals surface area contributed by atoms with Crippen LogP contribution in [-0.4, -0.2) is 15.2 Å². The van der Waals surface area contributed by atoms with Crippen LogP contribution in [0.5, 0.6) is 0 Å². The van der Waals surface area contributed by atoms with E-state index in [-0.39, 0.29) is 0 Å². The van der Waals surface area contributed by atoms with Crippen molar-refractivity contribution in [1.82, 2.24) is 15.2 Å². The van der Waals surface area contributed by atoms with Crippen molar-refractivity contribution < 1.29 is 0 Å². The van der Waals surface area contributed by atoms with Gasteiger partial charge in [-0.3, -0.25) is 5.10 Å². The van der Waals surface area contributed by atoms with Gasteiger partial charge in [-0.1, -0.05) is 55.6 Å². The Bertz CT molecular complexity index is 989. The van der Waals surface area contributed by atoms with E-state index < -0.39 is 0 Å². The summed E-state index contributed by atoms with van der Waals surface area (Å²) in [7, 11) is 0. The van der Waals surface area contributed by atoms with E-state index in [1.165, 1.54) is 16.9 Å². The zero-order valence-electron chi connectivity index (χ0n) is 16.6. The van der Waals surface area contributed by atoms with Crippen molar-refractivity contribution in [2.75, 3.05) is 5.73 Å². The Hall–Kier alpha value is -2.86. The number of aromatic nitrogens is 3. The summed E-state index contributed by atoms with van der Waals surface area (Å²) in [5.74, 6) is 0. The van der Waals surface area contributed by atoms with E-state index >= 15 is 0 Å². The van der Waals surface area contributed by atoms with Gasteiger partial charge in [-0.05, 0) is 43.9 Å². The van der Waals surface area contributed by atoms with Crippen LogP contribution in [-0.2, 0) is 0 Å². The first-order chi connectivity index (χ1) is 13.6. The fourth-order valence-electron chi connectivity index (χ4n) is 2.85. The molecule has 0 aliphatic rings. The van der Waals surface area contributed by atoms with E-state index in [0.29, 0.717) is 5.13 Å². The molecule has 148 valence electrons. The first kappa shape index (κ1) is 21.4. The molecule has 0 saturated heterocycles. The molecule has 2 heterocycles. The third kappa shape index (κ3) is 5.82. The highest BCUT2D eigenvalue weighted by molar-refractivity contribution is 7.13. The second-order valence-corrected chi connectivity index (χ2v) is 7.42. The number of thiazole rings is 1. The molecule has 2 aromatic rings. The number of anilines is 1. The molecule has 2 rings (SSSR count). The van der Waals surface area contributed by atoms with E-state index in [9.17, 15) is 0 Å². The lowest BCUT2D eigenvalue weighted by Gasteiger charge is -2.11. The molecule has 0 aliphatic heterocycles. The van der Waals surface area contributed by atoms with Gasteiger partial charge in [0.15, 0.2) is 5.13 Å². The molecule has 0 aliphatic carbocycles. The molecule has 0 bridgehead atoms. The first-order valence-corrected chi connectivity index (χ1v) is 10.3. The van der Waals surface area contributed by atoms with Gasteiger partial charge in [-0.2, -0.15) is 5.10 Å². The summed E-state index contributed by atoms with van der Waals surface area (Å²) < 4.78 is 0.881. The average molecular weight is 396 g/mol. The summed E-state index contributed by atoms with van der Waals surface area (Å²) in [5.41, 5.74) is 16.0. The van der Waals surface area contributed by atoms with Gasteiger partial charge in [0.05, 0.1) is 17.2 Å². The van der Waals surface area contributed by atoms with Crippen molar-refractivity contribution in [3.63, 3.8) is 0 Å². The quantitative estimate of drug-likeness (QED) is 0.564. The minimum absolute atomic E-state index is 0.543. The first-order valence-electron chi connectivity index (χ1n) is 9.46. The second-order valence-electron chi connectivity index (χ2n) is 6.30. The predicted octanol–water partition coefficient (Wildman–Crippen LogP) is 3.74. The predicted molar refractivity (Wildman–Crippen MR) is 123 cm³/mol. The van der Waals surface area contributed by atoms with Crippen molar-refractivity contribution in [3.05, 3.63) is 63.4 Å². The van der Waals surface area contributed by atoms with Crippen molar-refractivity contribution in [1.29, 1.82) is 0 Å². The Morgan fingerprint density at radius 2 is 2.21 bits per heavy atom.